The van der Waals surface area contributed by atoms with Crippen molar-refractivity contribution in [2.75, 3.05) is 6.61 Å². The summed E-state index contributed by atoms with van der Waals surface area (Å²) in [7, 11) is 0. The molecule has 1 aromatic carbocycles. The first-order valence-electron chi connectivity index (χ1n) is 4.09. The lowest BCUT2D eigenvalue weighted by Crippen LogP contribution is -1.95. The Labute approximate surface area is 77.5 Å². The van der Waals surface area contributed by atoms with Crippen LogP contribution in [0.15, 0.2) is 18.2 Å². The molecule has 0 aromatic heterocycles. The van der Waals surface area contributed by atoms with Crippen LogP contribution in [-0.2, 0) is 0 Å². The topological polar surface area (TPSA) is 9.23 Å². The van der Waals surface area contributed by atoms with E-state index in [1.807, 2.05) is 6.92 Å². The van der Waals surface area contributed by atoms with Gasteiger partial charge in [-0.3, -0.25) is 0 Å². The van der Waals surface area contributed by atoms with Gasteiger partial charge < -0.3 is 4.74 Å². The predicted octanol–water partition coefficient (Wildman–Crippen LogP) is 2.42. The molecule has 0 amide bonds. The molecule has 1 nitrogen and oxygen atoms in total. The van der Waals surface area contributed by atoms with Gasteiger partial charge in [0.25, 0.3) is 0 Å². The molecule has 2 heteroatoms. The average molecular weight is 177 g/mol. The number of halogens is 1. The van der Waals surface area contributed by atoms with Crippen molar-refractivity contribution in [1.82, 2.24) is 0 Å². The molecule has 0 saturated carbocycles. The third-order valence-electron chi connectivity index (χ3n) is 1.37. The Morgan fingerprint density at radius 3 is 3.08 bits per heavy atom. The molecule has 1 aromatic rings. The molecule has 13 heavy (non-hydrogen) atoms. The van der Waals surface area contributed by atoms with Crippen LogP contribution in [0.2, 0.25) is 0 Å². The third kappa shape index (κ3) is 3.16. The fourth-order valence-electron chi connectivity index (χ4n) is 0.802. The van der Waals surface area contributed by atoms with Crippen molar-refractivity contribution in [1.29, 1.82) is 0 Å². The molecule has 1 radical (unpaired) electrons. The zero-order chi connectivity index (χ0) is 9.52. The standard InChI is InChI=1S/C11H10FO/c1-2-3-6-9-13-11-8-5-4-7-10(11)12/h4-5,8H,2,9H2,1H3. The van der Waals surface area contributed by atoms with E-state index in [-0.39, 0.29) is 12.4 Å². The van der Waals surface area contributed by atoms with E-state index in [0.29, 0.717) is 0 Å². The Morgan fingerprint density at radius 2 is 2.38 bits per heavy atom. The zero-order valence-electron chi connectivity index (χ0n) is 7.43. The van der Waals surface area contributed by atoms with Gasteiger partial charge in [0.05, 0.1) is 0 Å². The first-order chi connectivity index (χ1) is 6.34. The van der Waals surface area contributed by atoms with Crippen LogP contribution in [0.3, 0.4) is 0 Å². The van der Waals surface area contributed by atoms with Crippen LogP contribution in [-0.4, -0.2) is 6.61 Å². The molecule has 67 valence electrons. The molecular formula is C11H10FO. The monoisotopic (exact) mass is 177 g/mol. The van der Waals surface area contributed by atoms with Gasteiger partial charge in [-0.2, -0.15) is 0 Å². The molecule has 0 aliphatic carbocycles. The van der Waals surface area contributed by atoms with E-state index >= 15 is 0 Å². The van der Waals surface area contributed by atoms with Gasteiger partial charge in [-0.05, 0) is 6.07 Å². The summed E-state index contributed by atoms with van der Waals surface area (Å²) in [4.78, 5) is 0. The molecule has 0 aliphatic rings. The van der Waals surface area contributed by atoms with Crippen LogP contribution in [0.4, 0.5) is 4.39 Å². The van der Waals surface area contributed by atoms with Crippen molar-refractivity contribution in [2.45, 2.75) is 13.3 Å². The summed E-state index contributed by atoms with van der Waals surface area (Å²) in [6, 6.07) is 7.13. The van der Waals surface area contributed by atoms with E-state index in [9.17, 15) is 4.39 Å². The van der Waals surface area contributed by atoms with Crippen LogP contribution in [0.5, 0.6) is 5.75 Å². The van der Waals surface area contributed by atoms with Gasteiger partial charge in [0.2, 0.25) is 0 Å². The van der Waals surface area contributed by atoms with E-state index in [2.05, 4.69) is 17.9 Å². The van der Waals surface area contributed by atoms with Crippen molar-refractivity contribution in [3.05, 3.63) is 30.1 Å². The third-order valence-corrected chi connectivity index (χ3v) is 1.37. The Morgan fingerprint density at radius 1 is 1.54 bits per heavy atom. The second kappa shape index (κ2) is 5.21. The normalized spacial score (nSPS) is 8.77. The highest BCUT2D eigenvalue weighted by Gasteiger charge is 1.98. The molecule has 1 rings (SSSR count). The van der Waals surface area contributed by atoms with Crippen molar-refractivity contribution in [2.24, 2.45) is 0 Å². The van der Waals surface area contributed by atoms with Crippen LogP contribution in [0.25, 0.3) is 0 Å². The Hall–Kier alpha value is -1.49. The molecular weight excluding hydrogens is 167 g/mol. The van der Waals surface area contributed by atoms with Gasteiger partial charge in [0, 0.05) is 12.5 Å². The first kappa shape index (κ1) is 9.60. The highest BCUT2D eigenvalue weighted by Crippen LogP contribution is 2.14. The fourth-order valence-corrected chi connectivity index (χ4v) is 0.802. The number of hydrogen-bond acceptors (Lipinski definition) is 1. The highest BCUT2D eigenvalue weighted by atomic mass is 19.1. The summed E-state index contributed by atoms with van der Waals surface area (Å²) in [6.45, 7) is 2.17. The van der Waals surface area contributed by atoms with Gasteiger partial charge in [-0.1, -0.05) is 25.0 Å². The van der Waals surface area contributed by atoms with E-state index in [4.69, 9.17) is 4.74 Å². The second-order valence-corrected chi connectivity index (χ2v) is 2.34. The van der Waals surface area contributed by atoms with Gasteiger partial charge >= 0.3 is 0 Å². The van der Waals surface area contributed by atoms with E-state index in [0.717, 1.165) is 6.42 Å². The Bertz CT molecular complexity index is 322. The SMILES string of the molecule is CCC#CCOc1ccc[c]c1F. The smallest absolute Gasteiger partial charge is 0.173 e. The zero-order valence-corrected chi connectivity index (χ0v) is 7.43. The first-order valence-corrected chi connectivity index (χ1v) is 4.09. The summed E-state index contributed by atoms with van der Waals surface area (Å²) >= 11 is 0. The lowest BCUT2D eigenvalue weighted by molar-refractivity contribution is 0.347. The number of hydrogen-bond donors (Lipinski definition) is 0. The van der Waals surface area contributed by atoms with Crippen LogP contribution in [0, 0.1) is 23.7 Å². The molecule has 0 atom stereocenters. The summed E-state index contributed by atoms with van der Waals surface area (Å²) in [6.07, 6.45) is 0.784. The molecule has 0 spiro atoms. The van der Waals surface area contributed by atoms with Gasteiger partial charge in [0.15, 0.2) is 11.6 Å². The van der Waals surface area contributed by atoms with Gasteiger partial charge in [-0.15, -0.1) is 5.92 Å². The number of ether oxygens (including phenoxy) is 1. The largest absolute Gasteiger partial charge is 0.478 e. The quantitative estimate of drug-likeness (QED) is 0.630. The maximum atomic E-state index is 12.9. The van der Waals surface area contributed by atoms with E-state index < -0.39 is 5.82 Å². The minimum atomic E-state index is -0.471. The van der Waals surface area contributed by atoms with Crippen LogP contribution < -0.4 is 4.74 Å². The molecule has 0 bridgehead atoms. The highest BCUT2D eigenvalue weighted by molar-refractivity contribution is 5.23. The lowest BCUT2D eigenvalue weighted by atomic mass is 10.3. The predicted molar refractivity (Wildman–Crippen MR) is 48.8 cm³/mol. The second-order valence-electron chi connectivity index (χ2n) is 2.34. The van der Waals surface area contributed by atoms with E-state index in [1.54, 1.807) is 12.1 Å². The number of benzene rings is 1. The molecule has 0 saturated heterocycles. The van der Waals surface area contributed by atoms with Crippen molar-refractivity contribution in [3.8, 4) is 17.6 Å². The minimum Gasteiger partial charge on any atom is -0.478 e. The van der Waals surface area contributed by atoms with Crippen molar-refractivity contribution >= 4 is 0 Å². The lowest BCUT2D eigenvalue weighted by Gasteiger charge is -2.01. The van der Waals surface area contributed by atoms with Crippen LogP contribution >= 0.6 is 0 Å². The minimum absolute atomic E-state index is 0.202. The summed E-state index contributed by atoms with van der Waals surface area (Å²) in [5.74, 6) is 5.32. The molecule has 0 aliphatic heterocycles. The molecule has 0 fully saturated rings. The Balaban J connectivity index is 2.50. The maximum Gasteiger partial charge on any atom is 0.173 e. The fraction of sp³-hybridized carbons (Fsp3) is 0.273. The molecule has 0 heterocycles. The summed E-state index contributed by atoms with van der Waals surface area (Å²) in [5.41, 5.74) is 0. The van der Waals surface area contributed by atoms with E-state index in [1.165, 1.54) is 6.07 Å². The van der Waals surface area contributed by atoms with Crippen LogP contribution in [0.1, 0.15) is 13.3 Å². The summed E-state index contributed by atoms with van der Waals surface area (Å²) in [5, 5.41) is 0. The van der Waals surface area contributed by atoms with Gasteiger partial charge in [-0.25, -0.2) is 4.39 Å². The molecule has 0 unspecified atom stereocenters. The van der Waals surface area contributed by atoms with Crippen molar-refractivity contribution in [3.63, 3.8) is 0 Å². The maximum absolute atomic E-state index is 12.9. The average Bonchev–Trinajstić information content (AvgIpc) is 2.15. The summed E-state index contributed by atoms with van der Waals surface area (Å²) < 4.78 is 17.9. The Kier molecular flexibility index (Phi) is 3.84. The van der Waals surface area contributed by atoms with Gasteiger partial charge in [0.1, 0.15) is 6.61 Å². The number of rotatable bonds is 2. The molecule has 0 N–H and O–H groups in total. The van der Waals surface area contributed by atoms with Crippen molar-refractivity contribution < 1.29 is 9.13 Å².